The Hall–Kier alpha value is -2.64. The Kier molecular flexibility index (Phi) is 5.70. The van der Waals surface area contributed by atoms with Gasteiger partial charge in [0, 0.05) is 26.8 Å². The average molecular weight is 428 g/mol. The van der Waals surface area contributed by atoms with Gasteiger partial charge in [0.05, 0.1) is 5.56 Å². The smallest absolute Gasteiger partial charge is 0.258 e. The van der Waals surface area contributed by atoms with Gasteiger partial charge in [-0.05, 0) is 60.7 Å². The van der Waals surface area contributed by atoms with Gasteiger partial charge in [-0.25, -0.2) is 4.98 Å². The van der Waals surface area contributed by atoms with Crippen LogP contribution in [-0.2, 0) is 0 Å². The zero-order valence-corrected chi connectivity index (χ0v) is 15.9. The number of carbonyl (C=O) groups is 2. The molecule has 0 spiro atoms. The van der Waals surface area contributed by atoms with E-state index in [0.29, 0.717) is 21.8 Å². The molecule has 0 saturated heterocycles. The van der Waals surface area contributed by atoms with Gasteiger partial charge < -0.3 is 11.1 Å². The van der Waals surface area contributed by atoms with Crippen molar-refractivity contribution < 1.29 is 9.59 Å². The van der Waals surface area contributed by atoms with Crippen LogP contribution in [0.25, 0.3) is 0 Å². The maximum Gasteiger partial charge on any atom is 0.258 e. The van der Waals surface area contributed by atoms with Crippen molar-refractivity contribution in [3.8, 4) is 0 Å². The molecule has 1 aromatic heterocycles. The molecule has 7 heteroatoms. The second kappa shape index (κ2) is 8.16. The zero-order chi connectivity index (χ0) is 18.5. The number of primary amides is 1. The first kappa shape index (κ1) is 18.2. The highest BCUT2D eigenvalue weighted by molar-refractivity contribution is 9.10. The molecule has 0 atom stereocenters. The highest BCUT2D eigenvalue weighted by Crippen LogP contribution is 2.30. The minimum absolute atomic E-state index is 0.274. The highest BCUT2D eigenvalue weighted by atomic mass is 79.9. The van der Waals surface area contributed by atoms with Gasteiger partial charge in [0.1, 0.15) is 5.03 Å². The van der Waals surface area contributed by atoms with Crippen molar-refractivity contribution in [2.45, 2.75) is 9.92 Å². The van der Waals surface area contributed by atoms with Gasteiger partial charge >= 0.3 is 0 Å². The summed E-state index contributed by atoms with van der Waals surface area (Å²) in [4.78, 5) is 29.1. The van der Waals surface area contributed by atoms with Crippen molar-refractivity contribution in [3.63, 3.8) is 0 Å². The Morgan fingerprint density at radius 1 is 1.00 bits per heavy atom. The first-order valence-electron chi connectivity index (χ1n) is 7.62. The van der Waals surface area contributed by atoms with Gasteiger partial charge in [0.2, 0.25) is 5.91 Å². The fraction of sp³-hybridized carbons (Fsp3) is 0. The van der Waals surface area contributed by atoms with E-state index in [1.165, 1.54) is 11.8 Å². The van der Waals surface area contributed by atoms with Crippen LogP contribution in [0.3, 0.4) is 0 Å². The van der Waals surface area contributed by atoms with Crippen molar-refractivity contribution in [2.24, 2.45) is 5.73 Å². The van der Waals surface area contributed by atoms with Crippen molar-refractivity contribution in [3.05, 3.63) is 82.5 Å². The monoisotopic (exact) mass is 427 g/mol. The maximum atomic E-state index is 12.6. The number of benzene rings is 2. The molecule has 2 amide bonds. The molecule has 3 N–H and O–H groups in total. The van der Waals surface area contributed by atoms with Crippen LogP contribution in [0, 0.1) is 0 Å². The minimum atomic E-state index is -0.511. The molecule has 0 unspecified atom stereocenters. The van der Waals surface area contributed by atoms with Crippen LogP contribution in [0.2, 0.25) is 0 Å². The van der Waals surface area contributed by atoms with Crippen LogP contribution in [0.5, 0.6) is 0 Å². The van der Waals surface area contributed by atoms with Crippen LogP contribution in [-0.4, -0.2) is 16.8 Å². The molecule has 0 aliphatic rings. The third kappa shape index (κ3) is 4.50. The van der Waals surface area contributed by atoms with E-state index in [4.69, 9.17) is 5.73 Å². The number of hydrogen-bond acceptors (Lipinski definition) is 4. The van der Waals surface area contributed by atoms with Crippen molar-refractivity contribution in [1.82, 2.24) is 4.98 Å². The predicted octanol–water partition coefficient (Wildman–Crippen LogP) is 4.35. The van der Waals surface area contributed by atoms with E-state index in [9.17, 15) is 9.59 Å². The Bertz CT molecular complexity index is 944. The fourth-order valence-electron chi connectivity index (χ4n) is 2.18. The number of nitrogens with one attached hydrogen (secondary N) is 1. The number of nitrogens with zero attached hydrogens (tertiary/aromatic N) is 1. The lowest BCUT2D eigenvalue weighted by molar-refractivity contribution is 0.0998. The summed E-state index contributed by atoms with van der Waals surface area (Å²) in [6.07, 6.45) is 1.65. The average Bonchev–Trinajstić information content (AvgIpc) is 2.64. The number of rotatable bonds is 5. The Balaban J connectivity index is 1.79. The van der Waals surface area contributed by atoms with Crippen LogP contribution >= 0.6 is 27.7 Å². The van der Waals surface area contributed by atoms with Crippen LogP contribution in [0.4, 0.5) is 5.69 Å². The summed E-state index contributed by atoms with van der Waals surface area (Å²) in [6, 6.07) is 17.6. The van der Waals surface area contributed by atoms with Gasteiger partial charge in [0.25, 0.3) is 5.91 Å². The molecule has 0 bridgehead atoms. The number of nitrogens with two attached hydrogens (primary N) is 1. The molecule has 3 rings (SSSR count). The van der Waals surface area contributed by atoms with Crippen molar-refractivity contribution >= 4 is 45.2 Å². The summed E-state index contributed by atoms with van der Waals surface area (Å²) >= 11 is 4.82. The number of halogens is 1. The number of aromatic nitrogens is 1. The summed E-state index contributed by atoms with van der Waals surface area (Å²) in [7, 11) is 0. The van der Waals surface area contributed by atoms with Crippen molar-refractivity contribution in [2.75, 3.05) is 5.32 Å². The minimum Gasteiger partial charge on any atom is -0.366 e. The SMILES string of the molecule is NC(=O)c1ccc(NC(=O)c2cccnc2Sc2ccc(Br)cc2)cc1. The van der Waals surface area contributed by atoms with Gasteiger partial charge in [0.15, 0.2) is 0 Å². The highest BCUT2D eigenvalue weighted by Gasteiger charge is 2.14. The predicted molar refractivity (Wildman–Crippen MR) is 105 cm³/mol. The van der Waals surface area contributed by atoms with Gasteiger partial charge in [-0.15, -0.1) is 0 Å². The summed E-state index contributed by atoms with van der Waals surface area (Å²) in [5, 5.41) is 3.42. The second-order valence-electron chi connectivity index (χ2n) is 5.31. The van der Waals surface area contributed by atoms with Gasteiger partial charge in [-0.1, -0.05) is 27.7 Å². The maximum absolute atomic E-state index is 12.6. The topological polar surface area (TPSA) is 85.1 Å². The number of pyridine rings is 1. The van der Waals surface area contributed by atoms with Gasteiger partial charge in [-0.2, -0.15) is 0 Å². The summed E-state index contributed by atoms with van der Waals surface area (Å²) in [6.45, 7) is 0. The van der Waals surface area contributed by atoms with Crippen molar-refractivity contribution in [1.29, 1.82) is 0 Å². The number of hydrogen-bond donors (Lipinski definition) is 2. The molecule has 0 aliphatic carbocycles. The molecule has 0 aliphatic heterocycles. The summed E-state index contributed by atoms with van der Waals surface area (Å²) in [5.74, 6) is -0.784. The molecule has 130 valence electrons. The standard InChI is InChI=1S/C19H14BrN3O2S/c20-13-5-9-15(10-6-13)26-19-16(2-1-11-22-19)18(25)23-14-7-3-12(4-8-14)17(21)24/h1-11H,(H2,21,24)(H,23,25). The second-order valence-corrected chi connectivity index (χ2v) is 7.29. The van der Waals surface area contributed by atoms with E-state index < -0.39 is 5.91 Å². The molecule has 26 heavy (non-hydrogen) atoms. The Labute approximate surface area is 163 Å². The van der Waals surface area contributed by atoms with E-state index in [-0.39, 0.29) is 5.91 Å². The molecular weight excluding hydrogens is 414 g/mol. The number of carbonyl (C=O) groups excluding carboxylic acids is 2. The first-order valence-corrected chi connectivity index (χ1v) is 9.23. The van der Waals surface area contributed by atoms with Crippen LogP contribution in [0.1, 0.15) is 20.7 Å². The van der Waals surface area contributed by atoms with Crippen LogP contribution in [0.15, 0.2) is 81.3 Å². The lowest BCUT2D eigenvalue weighted by Gasteiger charge is -2.09. The molecular formula is C19H14BrN3O2S. The van der Waals surface area contributed by atoms with Crippen LogP contribution < -0.4 is 11.1 Å². The fourth-order valence-corrected chi connectivity index (χ4v) is 3.32. The molecule has 0 fully saturated rings. The Morgan fingerprint density at radius 3 is 2.35 bits per heavy atom. The molecule has 1 heterocycles. The third-order valence-electron chi connectivity index (χ3n) is 3.47. The number of amides is 2. The van der Waals surface area contributed by atoms with E-state index in [1.54, 1.807) is 42.6 Å². The lowest BCUT2D eigenvalue weighted by atomic mass is 10.2. The largest absolute Gasteiger partial charge is 0.366 e. The normalized spacial score (nSPS) is 10.3. The quantitative estimate of drug-likeness (QED) is 0.633. The van der Waals surface area contributed by atoms with Gasteiger partial charge in [-0.3, -0.25) is 9.59 Å². The number of anilines is 1. The Morgan fingerprint density at radius 2 is 1.69 bits per heavy atom. The zero-order valence-electron chi connectivity index (χ0n) is 13.5. The van der Waals surface area contributed by atoms with E-state index in [2.05, 4.69) is 26.2 Å². The van der Waals surface area contributed by atoms with E-state index in [0.717, 1.165) is 9.37 Å². The molecule has 5 nitrogen and oxygen atoms in total. The summed E-state index contributed by atoms with van der Waals surface area (Å²) in [5.41, 5.74) is 6.65. The summed E-state index contributed by atoms with van der Waals surface area (Å²) < 4.78 is 0.986. The molecule has 3 aromatic rings. The molecule has 0 saturated carbocycles. The molecule has 0 radical (unpaired) electrons. The lowest BCUT2D eigenvalue weighted by Crippen LogP contribution is -2.14. The van der Waals surface area contributed by atoms with E-state index >= 15 is 0 Å². The molecule has 2 aromatic carbocycles. The van der Waals surface area contributed by atoms with E-state index in [1.807, 2.05) is 24.3 Å². The first-order chi connectivity index (χ1) is 12.5. The third-order valence-corrected chi connectivity index (χ3v) is 5.03.